The van der Waals surface area contributed by atoms with Gasteiger partial charge in [0.1, 0.15) is 11.6 Å². The SMILES string of the molecule is Cc1nnc2n1C[C@H](NC(=O)[C@H]1CC=CCC1)CC2. The maximum Gasteiger partial charge on any atom is 0.223 e. The maximum absolute atomic E-state index is 12.2. The Morgan fingerprint density at radius 1 is 1.37 bits per heavy atom. The van der Waals surface area contributed by atoms with Crippen molar-refractivity contribution in [1.29, 1.82) is 0 Å². The second-order valence-electron chi connectivity index (χ2n) is 5.50. The fourth-order valence-electron chi connectivity index (χ4n) is 2.93. The number of hydrogen-bond donors (Lipinski definition) is 1. The summed E-state index contributed by atoms with van der Waals surface area (Å²) in [6.45, 7) is 2.77. The van der Waals surface area contributed by atoms with Crippen LogP contribution in [-0.2, 0) is 17.8 Å². The molecular formula is C14H20N4O. The normalized spacial score (nSPS) is 25.9. The van der Waals surface area contributed by atoms with Crippen LogP contribution < -0.4 is 5.32 Å². The number of aryl methyl sites for hydroxylation is 2. The predicted molar refractivity (Wildman–Crippen MR) is 71.5 cm³/mol. The van der Waals surface area contributed by atoms with Gasteiger partial charge in [-0.05, 0) is 32.6 Å². The quantitative estimate of drug-likeness (QED) is 0.817. The molecule has 1 amide bonds. The Balaban J connectivity index is 1.61. The van der Waals surface area contributed by atoms with Crippen LogP contribution in [0.2, 0.25) is 0 Å². The molecular weight excluding hydrogens is 240 g/mol. The van der Waals surface area contributed by atoms with Gasteiger partial charge < -0.3 is 9.88 Å². The first-order chi connectivity index (χ1) is 9.24. The van der Waals surface area contributed by atoms with E-state index in [1.807, 2.05) is 6.92 Å². The van der Waals surface area contributed by atoms with Crippen LogP contribution in [0.4, 0.5) is 0 Å². The van der Waals surface area contributed by atoms with Crippen LogP contribution in [0.1, 0.15) is 37.3 Å². The van der Waals surface area contributed by atoms with E-state index in [9.17, 15) is 4.79 Å². The number of carbonyl (C=O) groups excluding carboxylic acids is 1. The van der Waals surface area contributed by atoms with Crippen molar-refractivity contribution in [3.05, 3.63) is 23.8 Å². The van der Waals surface area contributed by atoms with Gasteiger partial charge in [0, 0.05) is 24.9 Å². The molecule has 5 heteroatoms. The summed E-state index contributed by atoms with van der Waals surface area (Å²) in [5, 5.41) is 11.4. The van der Waals surface area contributed by atoms with Crippen molar-refractivity contribution in [1.82, 2.24) is 20.1 Å². The van der Waals surface area contributed by atoms with Crippen molar-refractivity contribution in [3.63, 3.8) is 0 Å². The van der Waals surface area contributed by atoms with Crippen LogP contribution >= 0.6 is 0 Å². The molecule has 0 aromatic carbocycles. The number of hydrogen-bond acceptors (Lipinski definition) is 3. The van der Waals surface area contributed by atoms with E-state index in [0.29, 0.717) is 0 Å². The Labute approximate surface area is 113 Å². The van der Waals surface area contributed by atoms with Crippen LogP contribution in [-0.4, -0.2) is 26.7 Å². The highest BCUT2D eigenvalue weighted by Gasteiger charge is 2.25. The summed E-state index contributed by atoms with van der Waals surface area (Å²) in [6.07, 6.45) is 9.04. The highest BCUT2D eigenvalue weighted by molar-refractivity contribution is 5.79. The zero-order valence-electron chi connectivity index (χ0n) is 11.3. The van der Waals surface area contributed by atoms with Crippen molar-refractivity contribution in [2.24, 2.45) is 5.92 Å². The summed E-state index contributed by atoms with van der Waals surface area (Å²) < 4.78 is 2.12. The van der Waals surface area contributed by atoms with E-state index in [4.69, 9.17) is 0 Å². The molecule has 0 saturated carbocycles. The molecule has 1 aromatic heterocycles. The lowest BCUT2D eigenvalue weighted by Gasteiger charge is -2.27. The molecule has 1 aliphatic carbocycles. The Kier molecular flexibility index (Phi) is 3.36. The lowest BCUT2D eigenvalue weighted by atomic mass is 9.93. The molecule has 0 radical (unpaired) electrons. The second kappa shape index (κ2) is 5.15. The first-order valence-corrected chi connectivity index (χ1v) is 7.08. The lowest BCUT2D eigenvalue weighted by Crippen LogP contribution is -2.44. The highest BCUT2D eigenvalue weighted by atomic mass is 16.1. The number of allylic oxidation sites excluding steroid dienone is 2. The molecule has 3 rings (SSSR count). The minimum absolute atomic E-state index is 0.161. The topological polar surface area (TPSA) is 59.8 Å². The van der Waals surface area contributed by atoms with Gasteiger partial charge in [-0.25, -0.2) is 0 Å². The smallest absolute Gasteiger partial charge is 0.223 e. The molecule has 0 unspecified atom stereocenters. The van der Waals surface area contributed by atoms with Gasteiger partial charge in [0.05, 0.1) is 0 Å². The maximum atomic E-state index is 12.2. The largest absolute Gasteiger partial charge is 0.351 e. The number of fused-ring (bicyclic) bond motifs is 1. The number of nitrogens with one attached hydrogen (secondary N) is 1. The first-order valence-electron chi connectivity index (χ1n) is 7.08. The molecule has 1 N–H and O–H groups in total. The molecule has 1 aliphatic heterocycles. The van der Waals surface area contributed by atoms with Crippen molar-refractivity contribution in [2.45, 2.75) is 51.6 Å². The van der Waals surface area contributed by atoms with Crippen LogP contribution in [0.15, 0.2) is 12.2 Å². The van der Waals surface area contributed by atoms with E-state index >= 15 is 0 Å². The number of amides is 1. The summed E-state index contributed by atoms with van der Waals surface area (Å²) in [6, 6.07) is 0.223. The van der Waals surface area contributed by atoms with Crippen molar-refractivity contribution in [2.75, 3.05) is 0 Å². The van der Waals surface area contributed by atoms with Gasteiger partial charge in [-0.3, -0.25) is 4.79 Å². The molecule has 1 aromatic rings. The molecule has 0 bridgehead atoms. The Morgan fingerprint density at radius 2 is 2.26 bits per heavy atom. The van der Waals surface area contributed by atoms with Gasteiger partial charge in [-0.1, -0.05) is 12.2 Å². The molecule has 0 spiro atoms. The van der Waals surface area contributed by atoms with Crippen LogP contribution in [0.5, 0.6) is 0 Å². The van der Waals surface area contributed by atoms with Gasteiger partial charge in [0.2, 0.25) is 5.91 Å². The zero-order chi connectivity index (χ0) is 13.2. The number of rotatable bonds is 2. The first kappa shape index (κ1) is 12.4. The summed E-state index contributed by atoms with van der Waals surface area (Å²) in [7, 11) is 0. The van der Waals surface area contributed by atoms with Crippen LogP contribution in [0, 0.1) is 12.8 Å². The van der Waals surface area contributed by atoms with E-state index in [0.717, 1.165) is 50.3 Å². The summed E-state index contributed by atoms with van der Waals surface area (Å²) >= 11 is 0. The number of aromatic nitrogens is 3. The Morgan fingerprint density at radius 3 is 3.05 bits per heavy atom. The van der Waals surface area contributed by atoms with Crippen molar-refractivity contribution < 1.29 is 4.79 Å². The van der Waals surface area contributed by atoms with E-state index in [-0.39, 0.29) is 17.9 Å². The summed E-state index contributed by atoms with van der Waals surface area (Å²) in [5.41, 5.74) is 0. The van der Waals surface area contributed by atoms with Crippen molar-refractivity contribution >= 4 is 5.91 Å². The van der Waals surface area contributed by atoms with E-state index in [1.165, 1.54) is 0 Å². The number of carbonyl (C=O) groups is 1. The van der Waals surface area contributed by atoms with Crippen LogP contribution in [0.3, 0.4) is 0 Å². The van der Waals surface area contributed by atoms with Gasteiger partial charge in [-0.15, -0.1) is 10.2 Å². The van der Waals surface area contributed by atoms with Crippen LogP contribution in [0.25, 0.3) is 0 Å². The third kappa shape index (κ3) is 2.55. The van der Waals surface area contributed by atoms with E-state index in [1.54, 1.807) is 0 Å². The fraction of sp³-hybridized carbons (Fsp3) is 0.643. The third-order valence-electron chi connectivity index (χ3n) is 4.12. The molecule has 0 fully saturated rings. The average Bonchev–Trinajstić information content (AvgIpc) is 2.81. The number of nitrogens with zero attached hydrogens (tertiary/aromatic N) is 3. The zero-order valence-corrected chi connectivity index (χ0v) is 11.3. The lowest BCUT2D eigenvalue weighted by molar-refractivity contribution is -0.126. The molecule has 2 heterocycles. The molecule has 0 saturated heterocycles. The Hall–Kier alpha value is -1.65. The minimum atomic E-state index is 0.161. The molecule has 2 aliphatic rings. The third-order valence-corrected chi connectivity index (χ3v) is 4.12. The molecule has 102 valence electrons. The summed E-state index contributed by atoms with van der Waals surface area (Å²) in [4.78, 5) is 12.2. The monoisotopic (exact) mass is 260 g/mol. The highest BCUT2D eigenvalue weighted by Crippen LogP contribution is 2.20. The van der Waals surface area contributed by atoms with Crippen molar-refractivity contribution in [3.8, 4) is 0 Å². The Bertz CT molecular complexity index is 506. The second-order valence-corrected chi connectivity index (χ2v) is 5.50. The average molecular weight is 260 g/mol. The van der Waals surface area contributed by atoms with E-state index < -0.39 is 0 Å². The molecule has 5 nitrogen and oxygen atoms in total. The predicted octanol–water partition coefficient (Wildman–Crippen LogP) is 1.37. The van der Waals surface area contributed by atoms with Gasteiger partial charge in [-0.2, -0.15) is 0 Å². The van der Waals surface area contributed by atoms with Gasteiger partial charge in [0.25, 0.3) is 0 Å². The molecule has 19 heavy (non-hydrogen) atoms. The van der Waals surface area contributed by atoms with Gasteiger partial charge >= 0.3 is 0 Å². The summed E-state index contributed by atoms with van der Waals surface area (Å²) in [5.74, 6) is 2.36. The standard InChI is InChI=1S/C14H20N4O/c1-10-16-17-13-8-7-12(9-18(10)13)15-14(19)11-5-3-2-4-6-11/h2-3,11-12H,4-9H2,1H3,(H,15,19)/t11-,12+/m0/s1. The van der Waals surface area contributed by atoms with Gasteiger partial charge in [0.15, 0.2) is 0 Å². The minimum Gasteiger partial charge on any atom is -0.351 e. The fourth-order valence-corrected chi connectivity index (χ4v) is 2.93. The van der Waals surface area contributed by atoms with E-state index in [2.05, 4.69) is 32.2 Å². The molecule has 2 atom stereocenters.